The number of benzene rings is 1. The van der Waals surface area contributed by atoms with Gasteiger partial charge in [-0.05, 0) is 53.6 Å². The van der Waals surface area contributed by atoms with Gasteiger partial charge in [0.2, 0.25) is 0 Å². The van der Waals surface area contributed by atoms with Gasteiger partial charge in [0.1, 0.15) is 0 Å². The van der Waals surface area contributed by atoms with Crippen molar-refractivity contribution in [2.24, 2.45) is 0 Å². The van der Waals surface area contributed by atoms with Gasteiger partial charge in [-0.25, -0.2) is 0 Å². The minimum atomic E-state index is 0.0823. The number of nitrogen functional groups attached to an aromatic ring is 1. The van der Waals surface area contributed by atoms with Crippen LogP contribution in [0.2, 0.25) is 0 Å². The monoisotopic (exact) mass is 339 g/mol. The Bertz CT molecular complexity index is 488. The molecular formula is C15H22BrN3O. The lowest BCUT2D eigenvalue weighted by Gasteiger charge is -2.26. The van der Waals surface area contributed by atoms with Crippen molar-refractivity contribution >= 4 is 27.5 Å². The van der Waals surface area contributed by atoms with Crippen LogP contribution in [-0.4, -0.2) is 47.9 Å². The molecule has 1 aromatic rings. The first-order valence-electron chi connectivity index (χ1n) is 7.15. The largest absolute Gasteiger partial charge is 0.398 e. The number of anilines is 1. The number of nitrogens with two attached hydrogens (primary N) is 1. The maximum Gasteiger partial charge on any atom is 0.253 e. The van der Waals surface area contributed by atoms with Gasteiger partial charge in [0, 0.05) is 34.9 Å². The average molecular weight is 340 g/mol. The van der Waals surface area contributed by atoms with Gasteiger partial charge in [-0.2, -0.15) is 0 Å². The summed E-state index contributed by atoms with van der Waals surface area (Å²) in [6.07, 6.45) is 1.05. The van der Waals surface area contributed by atoms with Crippen LogP contribution in [0.4, 0.5) is 5.69 Å². The second-order valence-electron chi connectivity index (χ2n) is 5.15. The molecule has 2 N–H and O–H groups in total. The Morgan fingerprint density at radius 3 is 2.75 bits per heavy atom. The Balaban J connectivity index is 2.05. The maximum atomic E-state index is 12.5. The molecule has 4 nitrogen and oxygen atoms in total. The predicted octanol–water partition coefficient (Wildman–Crippen LogP) is 2.59. The Kier molecular flexibility index (Phi) is 5.05. The number of hydrogen-bond donors (Lipinski definition) is 1. The van der Waals surface area contributed by atoms with E-state index >= 15 is 0 Å². The van der Waals surface area contributed by atoms with Crippen LogP contribution in [-0.2, 0) is 0 Å². The van der Waals surface area contributed by atoms with Crippen molar-refractivity contribution < 1.29 is 4.79 Å². The van der Waals surface area contributed by atoms with Gasteiger partial charge in [-0.3, -0.25) is 9.69 Å². The third-order valence-corrected chi connectivity index (χ3v) is 4.74. The molecule has 0 aliphatic carbocycles. The van der Waals surface area contributed by atoms with Crippen LogP contribution in [0.25, 0.3) is 0 Å². The quantitative estimate of drug-likeness (QED) is 0.857. The number of carbonyl (C=O) groups is 1. The molecule has 0 bridgehead atoms. The molecule has 1 unspecified atom stereocenters. The van der Waals surface area contributed by atoms with Gasteiger partial charge >= 0.3 is 0 Å². The second-order valence-corrected chi connectivity index (χ2v) is 6.01. The van der Waals surface area contributed by atoms with Crippen LogP contribution >= 0.6 is 15.9 Å². The van der Waals surface area contributed by atoms with Crippen LogP contribution in [0.3, 0.4) is 0 Å². The lowest BCUT2D eigenvalue weighted by atomic mass is 10.2. The van der Waals surface area contributed by atoms with E-state index in [0.717, 1.165) is 37.1 Å². The van der Waals surface area contributed by atoms with Crippen LogP contribution in [0.1, 0.15) is 30.6 Å². The molecule has 20 heavy (non-hydrogen) atoms. The molecule has 5 heteroatoms. The van der Waals surface area contributed by atoms with E-state index in [2.05, 4.69) is 34.7 Å². The molecule has 0 aromatic heterocycles. The molecule has 1 amide bonds. The first-order valence-corrected chi connectivity index (χ1v) is 7.94. The summed E-state index contributed by atoms with van der Waals surface area (Å²) >= 11 is 3.35. The van der Waals surface area contributed by atoms with E-state index in [-0.39, 0.29) is 5.91 Å². The first-order chi connectivity index (χ1) is 9.56. The average Bonchev–Trinajstić information content (AvgIpc) is 2.92. The highest BCUT2D eigenvalue weighted by Gasteiger charge is 2.29. The molecule has 1 aliphatic heterocycles. The molecule has 2 rings (SSSR count). The molecular weight excluding hydrogens is 318 g/mol. The number of rotatable bonds is 4. The van der Waals surface area contributed by atoms with Crippen molar-refractivity contribution in [3.8, 4) is 0 Å². The Morgan fingerprint density at radius 1 is 1.45 bits per heavy atom. The van der Waals surface area contributed by atoms with Crippen molar-refractivity contribution in [1.82, 2.24) is 9.80 Å². The molecule has 0 spiro atoms. The van der Waals surface area contributed by atoms with Gasteiger partial charge in [0.05, 0.1) is 0 Å². The third kappa shape index (κ3) is 3.15. The van der Waals surface area contributed by atoms with E-state index in [1.165, 1.54) is 0 Å². The number of likely N-dealkylation sites (tertiary alicyclic amines) is 1. The highest BCUT2D eigenvalue weighted by atomic mass is 79.9. The summed E-state index contributed by atoms with van der Waals surface area (Å²) in [5, 5.41) is 0. The van der Waals surface area contributed by atoms with E-state index in [0.29, 0.717) is 17.3 Å². The van der Waals surface area contributed by atoms with E-state index < -0.39 is 0 Å². The fourth-order valence-electron chi connectivity index (χ4n) is 2.82. The zero-order chi connectivity index (χ0) is 14.7. The maximum absolute atomic E-state index is 12.5. The smallest absolute Gasteiger partial charge is 0.253 e. The van der Waals surface area contributed by atoms with Crippen molar-refractivity contribution in [1.29, 1.82) is 0 Å². The van der Waals surface area contributed by atoms with Gasteiger partial charge in [-0.15, -0.1) is 0 Å². The van der Waals surface area contributed by atoms with Gasteiger partial charge in [-0.1, -0.05) is 13.8 Å². The Hall–Kier alpha value is -1.07. The molecule has 1 aliphatic rings. The summed E-state index contributed by atoms with van der Waals surface area (Å²) < 4.78 is 0.830. The van der Waals surface area contributed by atoms with Crippen molar-refractivity contribution in [2.75, 3.05) is 31.9 Å². The highest BCUT2D eigenvalue weighted by Crippen LogP contribution is 2.23. The van der Waals surface area contributed by atoms with Crippen LogP contribution in [0, 0.1) is 0 Å². The number of hydrogen-bond acceptors (Lipinski definition) is 3. The predicted molar refractivity (Wildman–Crippen MR) is 85.8 cm³/mol. The van der Waals surface area contributed by atoms with E-state index in [4.69, 9.17) is 5.73 Å². The van der Waals surface area contributed by atoms with Gasteiger partial charge in [0.25, 0.3) is 5.91 Å². The third-order valence-electron chi connectivity index (χ3n) is 4.02. The number of amides is 1. The first kappa shape index (κ1) is 15.3. The van der Waals surface area contributed by atoms with Crippen LogP contribution in [0.5, 0.6) is 0 Å². The fraction of sp³-hybridized carbons (Fsp3) is 0.533. The molecule has 1 fully saturated rings. The van der Waals surface area contributed by atoms with Crippen LogP contribution < -0.4 is 5.73 Å². The summed E-state index contributed by atoms with van der Waals surface area (Å²) in [5.74, 6) is 0.0823. The summed E-state index contributed by atoms with van der Waals surface area (Å²) in [6.45, 7) is 8.06. The summed E-state index contributed by atoms with van der Waals surface area (Å²) in [7, 11) is 0. The zero-order valence-corrected chi connectivity index (χ0v) is 13.7. The number of halogens is 1. The number of nitrogens with zero attached hydrogens (tertiary/aromatic N) is 2. The minimum absolute atomic E-state index is 0.0823. The molecule has 1 heterocycles. The summed E-state index contributed by atoms with van der Waals surface area (Å²) in [5.41, 5.74) is 7.13. The molecule has 1 aromatic carbocycles. The normalized spacial score (nSPS) is 18.8. The summed E-state index contributed by atoms with van der Waals surface area (Å²) in [6, 6.07) is 5.90. The Labute approximate surface area is 129 Å². The molecule has 0 saturated carbocycles. The molecule has 1 saturated heterocycles. The van der Waals surface area contributed by atoms with Crippen molar-refractivity contribution in [3.63, 3.8) is 0 Å². The number of carbonyl (C=O) groups excluding carboxylic acids is 1. The Morgan fingerprint density at radius 2 is 2.15 bits per heavy atom. The highest BCUT2D eigenvalue weighted by molar-refractivity contribution is 9.10. The van der Waals surface area contributed by atoms with E-state index in [1.54, 1.807) is 6.07 Å². The minimum Gasteiger partial charge on any atom is -0.398 e. The molecule has 1 atom stereocenters. The SMILES string of the molecule is CCN(CC)C1CCN(C(=O)c2ccc(Br)c(N)c2)C1. The van der Waals surface area contributed by atoms with Crippen molar-refractivity contribution in [2.45, 2.75) is 26.3 Å². The second kappa shape index (κ2) is 6.59. The number of likely N-dealkylation sites (N-methyl/N-ethyl adjacent to an activating group) is 1. The standard InChI is InChI=1S/C15H22BrN3O/c1-3-18(4-2)12-7-8-19(10-12)15(20)11-5-6-13(16)14(17)9-11/h5-6,9,12H,3-4,7-8,10,17H2,1-2H3. The van der Waals surface area contributed by atoms with Crippen LogP contribution in [0.15, 0.2) is 22.7 Å². The summed E-state index contributed by atoms with van der Waals surface area (Å²) in [4.78, 5) is 16.8. The van der Waals surface area contributed by atoms with E-state index in [1.807, 2.05) is 17.0 Å². The van der Waals surface area contributed by atoms with E-state index in [9.17, 15) is 4.79 Å². The fourth-order valence-corrected chi connectivity index (χ4v) is 3.07. The molecule has 0 radical (unpaired) electrons. The zero-order valence-electron chi connectivity index (χ0n) is 12.1. The topological polar surface area (TPSA) is 49.6 Å². The van der Waals surface area contributed by atoms with Gasteiger partial charge in [0.15, 0.2) is 0 Å². The van der Waals surface area contributed by atoms with Gasteiger partial charge < -0.3 is 10.6 Å². The lowest BCUT2D eigenvalue weighted by molar-refractivity contribution is 0.0778. The molecule has 110 valence electrons. The lowest BCUT2D eigenvalue weighted by Crippen LogP contribution is -2.38. The van der Waals surface area contributed by atoms with Crippen molar-refractivity contribution in [3.05, 3.63) is 28.2 Å².